The molecule has 1 aliphatic heterocycles. The summed E-state index contributed by atoms with van der Waals surface area (Å²) in [5, 5.41) is 0. The van der Waals surface area contributed by atoms with Crippen LogP contribution in [0.3, 0.4) is 0 Å². The van der Waals surface area contributed by atoms with Crippen LogP contribution in [-0.2, 0) is 11.2 Å². The quantitative estimate of drug-likeness (QED) is 0.510. The lowest BCUT2D eigenvalue weighted by molar-refractivity contribution is 0.0707. The molecule has 0 aromatic heterocycles. The fourth-order valence-corrected chi connectivity index (χ4v) is 2.96. The maximum atomic E-state index is 5.86. The fraction of sp³-hybridized carbons (Fsp3) is 0.600. The van der Waals surface area contributed by atoms with E-state index in [0.29, 0.717) is 13.2 Å². The summed E-state index contributed by atoms with van der Waals surface area (Å²) in [7, 11) is 0. The average Bonchev–Trinajstić information content (AvgIpc) is 2.54. The minimum atomic E-state index is 0.601. The lowest BCUT2D eigenvalue weighted by Gasteiger charge is -2.29. The molecule has 23 heavy (non-hydrogen) atoms. The summed E-state index contributed by atoms with van der Waals surface area (Å²) in [5.41, 5.74) is 2.45. The van der Waals surface area contributed by atoms with Gasteiger partial charge in [0.15, 0.2) is 0 Å². The number of benzene rings is 1. The monoisotopic (exact) mass is 317 g/mol. The lowest BCUT2D eigenvalue weighted by Crippen LogP contribution is -2.35. The summed E-state index contributed by atoms with van der Waals surface area (Å²) in [5.74, 6) is 1.84. The maximum absolute atomic E-state index is 5.86. The zero-order valence-electron chi connectivity index (χ0n) is 14.7. The summed E-state index contributed by atoms with van der Waals surface area (Å²) in [4.78, 5) is 2.50. The van der Waals surface area contributed by atoms with Gasteiger partial charge < -0.3 is 14.4 Å². The van der Waals surface area contributed by atoms with E-state index in [0.717, 1.165) is 31.2 Å². The van der Waals surface area contributed by atoms with E-state index >= 15 is 0 Å². The first kappa shape index (κ1) is 18.0. The first-order chi connectivity index (χ1) is 11.2. The number of piperidine rings is 1. The van der Waals surface area contributed by atoms with Crippen molar-refractivity contribution in [2.45, 2.75) is 33.1 Å². The Morgan fingerprint density at radius 3 is 2.74 bits per heavy atom. The number of likely N-dealkylation sites (tertiary alicyclic amines) is 1. The van der Waals surface area contributed by atoms with Crippen LogP contribution in [0.5, 0.6) is 5.75 Å². The van der Waals surface area contributed by atoms with Crippen LogP contribution in [0, 0.1) is 12.8 Å². The van der Waals surface area contributed by atoms with Gasteiger partial charge in [-0.15, -0.1) is 6.58 Å². The van der Waals surface area contributed by atoms with E-state index in [4.69, 9.17) is 9.47 Å². The number of rotatable bonds is 9. The topological polar surface area (TPSA) is 21.7 Å². The Balaban J connectivity index is 1.61. The van der Waals surface area contributed by atoms with Gasteiger partial charge in [-0.2, -0.15) is 0 Å². The zero-order chi connectivity index (χ0) is 16.5. The molecule has 1 aromatic carbocycles. The van der Waals surface area contributed by atoms with E-state index in [-0.39, 0.29) is 0 Å². The van der Waals surface area contributed by atoms with Crippen LogP contribution in [0.1, 0.15) is 30.9 Å². The van der Waals surface area contributed by atoms with Crippen LogP contribution in [0.25, 0.3) is 0 Å². The van der Waals surface area contributed by atoms with Gasteiger partial charge in [0.1, 0.15) is 12.4 Å². The third-order valence-corrected chi connectivity index (χ3v) is 4.49. The predicted molar refractivity (Wildman–Crippen MR) is 96.2 cm³/mol. The zero-order valence-corrected chi connectivity index (χ0v) is 14.7. The summed E-state index contributed by atoms with van der Waals surface area (Å²) >= 11 is 0. The predicted octanol–water partition coefficient (Wildman–Crippen LogP) is 3.85. The molecule has 1 fully saturated rings. The number of ether oxygens (including phenoxy) is 2. The molecule has 0 amide bonds. The van der Waals surface area contributed by atoms with Crippen LogP contribution in [0.2, 0.25) is 0 Å². The van der Waals surface area contributed by atoms with Gasteiger partial charge in [0.05, 0.1) is 13.2 Å². The molecule has 0 spiro atoms. The van der Waals surface area contributed by atoms with Crippen LogP contribution >= 0.6 is 0 Å². The summed E-state index contributed by atoms with van der Waals surface area (Å²) in [6.07, 6.45) is 5.40. The van der Waals surface area contributed by atoms with Gasteiger partial charge in [-0.3, -0.25) is 0 Å². The van der Waals surface area contributed by atoms with E-state index in [1.807, 2.05) is 12.1 Å². The second kappa shape index (κ2) is 9.74. The van der Waals surface area contributed by atoms with Crippen molar-refractivity contribution in [3.05, 3.63) is 42.0 Å². The molecule has 1 aliphatic rings. The van der Waals surface area contributed by atoms with Crippen molar-refractivity contribution in [3.63, 3.8) is 0 Å². The van der Waals surface area contributed by atoms with Crippen molar-refractivity contribution in [2.24, 2.45) is 5.92 Å². The minimum absolute atomic E-state index is 0.601. The second-order valence-corrected chi connectivity index (χ2v) is 6.59. The number of hydrogen-bond acceptors (Lipinski definition) is 3. The first-order valence-corrected chi connectivity index (χ1v) is 8.82. The van der Waals surface area contributed by atoms with Gasteiger partial charge >= 0.3 is 0 Å². The molecule has 128 valence electrons. The molecule has 3 heteroatoms. The molecule has 2 rings (SSSR count). The maximum Gasteiger partial charge on any atom is 0.122 e. The first-order valence-electron chi connectivity index (χ1n) is 8.82. The van der Waals surface area contributed by atoms with Crippen molar-refractivity contribution in [3.8, 4) is 5.75 Å². The van der Waals surface area contributed by atoms with Crippen LogP contribution in [0.15, 0.2) is 30.9 Å². The van der Waals surface area contributed by atoms with E-state index in [2.05, 4.69) is 37.5 Å². The molecule has 3 nitrogen and oxygen atoms in total. The third kappa shape index (κ3) is 6.36. The van der Waals surface area contributed by atoms with Gasteiger partial charge in [0.2, 0.25) is 0 Å². The Labute approximate surface area is 141 Å². The molecule has 0 unspecified atom stereocenters. The molecule has 0 bridgehead atoms. The smallest absolute Gasteiger partial charge is 0.122 e. The molecule has 0 atom stereocenters. The molecule has 0 aliphatic carbocycles. The summed E-state index contributed by atoms with van der Waals surface area (Å²) in [6.45, 7) is 13.8. The van der Waals surface area contributed by atoms with Gasteiger partial charge in [-0.1, -0.05) is 30.7 Å². The van der Waals surface area contributed by atoms with E-state index in [1.165, 1.54) is 37.1 Å². The second-order valence-electron chi connectivity index (χ2n) is 6.59. The van der Waals surface area contributed by atoms with Crippen LogP contribution in [0.4, 0.5) is 0 Å². The fourth-order valence-electron chi connectivity index (χ4n) is 2.96. The van der Waals surface area contributed by atoms with Gasteiger partial charge in [0.25, 0.3) is 0 Å². The normalized spacial score (nSPS) is 16.4. The van der Waals surface area contributed by atoms with Crippen molar-refractivity contribution in [1.29, 1.82) is 0 Å². The van der Waals surface area contributed by atoms with Gasteiger partial charge in [0, 0.05) is 6.54 Å². The number of hydrogen-bond donors (Lipinski definition) is 0. The SMILES string of the molecule is C=CCc1cc(C)ccc1OCCOCCN1CCC(C)CC1. The Morgan fingerprint density at radius 1 is 1.22 bits per heavy atom. The Kier molecular flexibility index (Phi) is 7.63. The number of nitrogens with zero attached hydrogens (tertiary/aromatic N) is 1. The molecule has 0 radical (unpaired) electrons. The van der Waals surface area contributed by atoms with Crippen molar-refractivity contribution in [1.82, 2.24) is 4.90 Å². The van der Waals surface area contributed by atoms with E-state index < -0.39 is 0 Å². The van der Waals surface area contributed by atoms with Gasteiger partial charge in [-0.25, -0.2) is 0 Å². The molecule has 1 heterocycles. The van der Waals surface area contributed by atoms with Crippen LogP contribution < -0.4 is 4.74 Å². The highest BCUT2D eigenvalue weighted by atomic mass is 16.5. The van der Waals surface area contributed by atoms with Crippen molar-refractivity contribution < 1.29 is 9.47 Å². The molecule has 0 N–H and O–H groups in total. The summed E-state index contributed by atoms with van der Waals surface area (Å²) < 4.78 is 11.6. The highest BCUT2D eigenvalue weighted by molar-refractivity contribution is 5.38. The number of aryl methyl sites for hydroxylation is 1. The molecule has 0 saturated carbocycles. The highest BCUT2D eigenvalue weighted by Crippen LogP contribution is 2.21. The minimum Gasteiger partial charge on any atom is -0.491 e. The standard InChI is InChI=1S/C20H31NO2/c1-4-5-19-16-18(3)6-7-20(19)23-15-14-22-13-12-21-10-8-17(2)9-11-21/h4,6-7,16-17H,1,5,8-15H2,2-3H3. The Morgan fingerprint density at radius 2 is 2.00 bits per heavy atom. The average molecular weight is 317 g/mol. The van der Waals surface area contributed by atoms with Crippen molar-refractivity contribution in [2.75, 3.05) is 39.5 Å². The van der Waals surface area contributed by atoms with E-state index in [9.17, 15) is 0 Å². The summed E-state index contributed by atoms with van der Waals surface area (Å²) in [6, 6.07) is 6.29. The highest BCUT2D eigenvalue weighted by Gasteiger charge is 2.14. The Hall–Kier alpha value is -1.32. The van der Waals surface area contributed by atoms with Gasteiger partial charge in [-0.05, 0) is 56.8 Å². The lowest BCUT2D eigenvalue weighted by atomic mass is 9.99. The van der Waals surface area contributed by atoms with Crippen molar-refractivity contribution >= 4 is 0 Å². The largest absolute Gasteiger partial charge is 0.491 e. The van der Waals surface area contributed by atoms with Crippen LogP contribution in [-0.4, -0.2) is 44.4 Å². The van der Waals surface area contributed by atoms with E-state index in [1.54, 1.807) is 0 Å². The molecule has 1 saturated heterocycles. The third-order valence-electron chi connectivity index (χ3n) is 4.49. The molecular weight excluding hydrogens is 286 g/mol. The molecule has 1 aromatic rings. The molecular formula is C20H31NO2. The Bertz CT molecular complexity index is 479. The number of allylic oxidation sites excluding steroid dienone is 1.